The van der Waals surface area contributed by atoms with Gasteiger partial charge in [-0.1, -0.05) is 0 Å². The molecule has 0 aromatic carbocycles. The molecule has 7 rings (SSSR count). The summed E-state index contributed by atoms with van der Waals surface area (Å²) in [6.07, 6.45) is -23.2. The Kier molecular flexibility index (Phi) is 9.35. The van der Waals surface area contributed by atoms with Crippen LogP contribution in [0.25, 0.3) is 0 Å². The van der Waals surface area contributed by atoms with E-state index in [9.17, 15) is 40.5 Å². The highest BCUT2D eigenvalue weighted by atomic mass is 16.8. The molecule has 16 nitrogen and oxygen atoms in total. The first-order valence-electron chi connectivity index (χ1n) is 11.8. The van der Waals surface area contributed by atoms with Gasteiger partial charge in [-0.3, -0.25) is 4.79 Å². The lowest BCUT2D eigenvalue weighted by Gasteiger charge is -2.47. The van der Waals surface area contributed by atoms with E-state index in [1.54, 1.807) is 0 Å². The van der Waals surface area contributed by atoms with Gasteiger partial charge in [0.1, 0.15) is 61.0 Å². The molecule has 16 heteroatoms. The van der Waals surface area contributed by atoms with Gasteiger partial charge >= 0.3 is 5.97 Å². The Morgan fingerprint density at radius 2 is 1.14 bits per heavy atom. The van der Waals surface area contributed by atoms with Crippen LogP contribution in [-0.2, 0) is 42.7 Å². The van der Waals surface area contributed by atoms with Crippen molar-refractivity contribution >= 4 is 5.97 Å². The second-order valence-corrected chi connectivity index (χ2v) is 9.28. The Labute approximate surface area is 211 Å². The first-order chi connectivity index (χ1) is 17.6. The highest BCUT2D eigenvalue weighted by molar-refractivity contribution is 5.66. The van der Waals surface area contributed by atoms with Crippen molar-refractivity contribution in [1.29, 1.82) is 0 Å². The fourth-order valence-corrected chi connectivity index (χ4v) is 4.90. The van der Waals surface area contributed by atoms with Gasteiger partial charge in [0, 0.05) is 14.0 Å². The van der Waals surface area contributed by atoms with Gasteiger partial charge in [0.05, 0.1) is 19.8 Å². The summed E-state index contributed by atoms with van der Waals surface area (Å²) in [5.74, 6) is -0.837. The lowest BCUT2D eigenvalue weighted by Crippen LogP contribution is -2.66. The number of aliphatic hydroxyl groups excluding tert-OH is 7. The van der Waals surface area contributed by atoms with Crippen LogP contribution in [0, 0.1) is 0 Å². The minimum absolute atomic E-state index is 0.185. The average molecular weight is 542 g/mol. The van der Waals surface area contributed by atoms with E-state index >= 15 is 0 Å². The van der Waals surface area contributed by atoms with Crippen LogP contribution in [0.3, 0.4) is 0 Å². The van der Waals surface area contributed by atoms with Crippen molar-refractivity contribution in [3.8, 4) is 0 Å². The second kappa shape index (κ2) is 12.0. The summed E-state index contributed by atoms with van der Waals surface area (Å²) in [5.41, 5.74) is 0. The third kappa shape index (κ3) is 5.64. The zero-order chi connectivity index (χ0) is 27.0. The predicted molar refractivity (Wildman–Crippen MR) is 112 cm³/mol. The number of carbonyl (C=O) groups excluding carboxylic acids is 1. The van der Waals surface area contributed by atoms with E-state index in [-0.39, 0.29) is 6.61 Å². The van der Waals surface area contributed by atoms with Crippen LogP contribution >= 0.6 is 0 Å². The van der Waals surface area contributed by atoms with E-state index in [0.717, 1.165) is 6.92 Å². The summed E-state index contributed by atoms with van der Waals surface area (Å²) in [5, 5.41) is 73.7. The highest BCUT2D eigenvalue weighted by Gasteiger charge is 2.57. The molecule has 7 heterocycles. The van der Waals surface area contributed by atoms with Crippen LogP contribution in [0.1, 0.15) is 6.92 Å². The van der Waals surface area contributed by atoms with Gasteiger partial charge in [-0.15, -0.1) is 0 Å². The summed E-state index contributed by atoms with van der Waals surface area (Å²) in [7, 11) is 1.34. The first kappa shape index (κ1) is 28.9. The lowest BCUT2D eigenvalue weighted by atomic mass is 9.96. The van der Waals surface area contributed by atoms with Crippen LogP contribution in [0.15, 0.2) is 0 Å². The number of esters is 1. The highest BCUT2D eigenvalue weighted by Crippen LogP contribution is 2.36. The number of carbonyl (C=O) groups is 1. The zero-order valence-electron chi connectivity index (χ0n) is 20.1. The van der Waals surface area contributed by atoms with E-state index < -0.39 is 111 Å². The smallest absolute Gasteiger partial charge is 0.303 e. The molecule has 0 aromatic heterocycles. The Morgan fingerprint density at radius 3 is 1.68 bits per heavy atom. The van der Waals surface area contributed by atoms with Crippen molar-refractivity contribution in [2.24, 2.45) is 0 Å². The topological polar surface area (TPSA) is 233 Å². The Balaban J connectivity index is 1.80. The van der Waals surface area contributed by atoms with Gasteiger partial charge in [0.2, 0.25) is 0 Å². The molecule has 0 unspecified atom stereocenters. The van der Waals surface area contributed by atoms with Crippen LogP contribution in [0.2, 0.25) is 0 Å². The predicted octanol–water partition coefficient (Wildman–Crippen LogP) is -5.30. The van der Waals surface area contributed by atoms with Gasteiger partial charge in [-0.2, -0.15) is 0 Å². The molecule has 0 radical (unpaired) electrons. The molecule has 7 saturated heterocycles. The Morgan fingerprint density at radius 1 is 0.649 bits per heavy atom. The number of hydrogen-bond donors (Lipinski definition) is 7. The first-order valence-corrected chi connectivity index (χ1v) is 11.8. The van der Waals surface area contributed by atoms with Gasteiger partial charge in [0.15, 0.2) is 31.1 Å². The normalized spacial score (nSPS) is 50.5. The molecule has 7 aliphatic rings. The van der Waals surface area contributed by atoms with E-state index in [2.05, 4.69) is 0 Å². The van der Waals surface area contributed by atoms with Crippen LogP contribution in [-0.4, -0.2) is 161 Å². The molecule has 0 saturated carbocycles. The molecule has 4 bridgehead atoms. The van der Waals surface area contributed by atoms with Crippen molar-refractivity contribution in [3.05, 3.63) is 0 Å². The van der Waals surface area contributed by atoms with Crippen molar-refractivity contribution in [1.82, 2.24) is 0 Å². The maximum absolute atomic E-state index is 11.9. The largest absolute Gasteiger partial charge is 0.457 e. The van der Waals surface area contributed by atoms with Gasteiger partial charge in [0.25, 0.3) is 0 Å². The second-order valence-electron chi connectivity index (χ2n) is 9.28. The average Bonchev–Trinajstić information content (AvgIpc) is 2.88. The molecule has 0 aliphatic carbocycles. The van der Waals surface area contributed by atoms with Crippen molar-refractivity contribution in [2.75, 3.05) is 26.9 Å². The maximum atomic E-state index is 11.9. The quantitative estimate of drug-likeness (QED) is 0.161. The molecule has 214 valence electrons. The van der Waals surface area contributed by atoms with Gasteiger partial charge in [-0.25, -0.2) is 0 Å². The van der Waals surface area contributed by atoms with E-state index in [0.29, 0.717) is 0 Å². The number of hydrogen-bond acceptors (Lipinski definition) is 16. The molecule has 7 aliphatic heterocycles. The van der Waals surface area contributed by atoms with Crippen molar-refractivity contribution in [2.45, 2.75) is 99.0 Å². The fraction of sp³-hybridized carbons (Fsp3) is 0.952. The fourth-order valence-electron chi connectivity index (χ4n) is 4.90. The number of aliphatic hydroxyl groups is 7. The van der Waals surface area contributed by atoms with E-state index in [1.165, 1.54) is 7.11 Å². The van der Waals surface area contributed by atoms with Crippen LogP contribution in [0.5, 0.6) is 0 Å². The summed E-state index contributed by atoms with van der Waals surface area (Å²) >= 11 is 0. The minimum atomic E-state index is -1.78. The minimum Gasteiger partial charge on any atom is -0.457 e. The van der Waals surface area contributed by atoms with Gasteiger partial charge < -0.3 is 73.6 Å². The Bertz CT molecular complexity index is 769. The molecular formula is C21H34O16. The number of methoxy groups -OCH3 is 1. The zero-order valence-corrected chi connectivity index (χ0v) is 20.1. The summed E-state index contributed by atoms with van der Waals surface area (Å²) in [4.78, 5) is 11.9. The maximum Gasteiger partial charge on any atom is 0.303 e. The molecule has 7 fully saturated rings. The lowest BCUT2D eigenvalue weighted by molar-refractivity contribution is -0.374. The third-order valence-corrected chi connectivity index (χ3v) is 6.77. The van der Waals surface area contributed by atoms with Gasteiger partial charge in [-0.05, 0) is 0 Å². The van der Waals surface area contributed by atoms with E-state index in [1.807, 2.05) is 0 Å². The third-order valence-electron chi connectivity index (χ3n) is 6.77. The SMILES string of the molecule is COC[C@H]1O[C@@H]2O[C@H]3[C@@H](O[C@@H]4[C@H](O)[C@@H](O)[C@H](O[C@@H]1[C@H](O)[C@H]2O)O[C@@H]4CO)O[C@H](CO)[C@H](O)[C@@H]3OC(C)=O. The summed E-state index contributed by atoms with van der Waals surface area (Å²) < 4.78 is 44.8. The molecular weight excluding hydrogens is 508 g/mol. The van der Waals surface area contributed by atoms with E-state index in [4.69, 9.17) is 37.9 Å². The molecule has 37 heavy (non-hydrogen) atoms. The number of rotatable bonds is 5. The van der Waals surface area contributed by atoms with Crippen molar-refractivity contribution in [3.63, 3.8) is 0 Å². The van der Waals surface area contributed by atoms with Crippen LogP contribution in [0.4, 0.5) is 0 Å². The molecule has 0 spiro atoms. The molecule has 0 amide bonds. The Hall–Kier alpha value is -1.09. The van der Waals surface area contributed by atoms with Crippen molar-refractivity contribution < 1.29 is 78.4 Å². The standard InChI is InChI=1S/C21H34O16/c1-6(24)31-17-10(25)7(3-22)32-21-18(17)37-20-14(29)12(27)16(9(34-20)5-30-2)35-19-13(28)11(26)15(36-21)8(4-23)33-19/h7-23,25-29H,3-5H2,1-2H3/t7-,8-,9-,10+,11-,12-,13-,14-,15+,16+,17+,18-,19+,20-,21-/m1/s1. The summed E-state index contributed by atoms with van der Waals surface area (Å²) in [6.45, 7) is -0.581. The molecule has 0 aromatic rings. The molecule has 15 atom stereocenters. The summed E-state index contributed by atoms with van der Waals surface area (Å²) in [6, 6.07) is 0. The molecule has 7 N–H and O–H groups in total. The number of ether oxygens (including phenoxy) is 8. The monoisotopic (exact) mass is 542 g/mol. The van der Waals surface area contributed by atoms with Crippen LogP contribution < -0.4 is 0 Å².